The Hall–Kier alpha value is -2.91. The van der Waals surface area contributed by atoms with Gasteiger partial charge >= 0.3 is 0 Å². The van der Waals surface area contributed by atoms with Crippen LogP contribution in [0.3, 0.4) is 0 Å². The third-order valence-corrected chi connectivity index (χ3v) is 10.7. The van der Waals surface area contributed by atoms with Gasteiger partial charge in [-0.2, -0.15) is 0 Å². The molecule has 2 aromatic rings. The molecule has 0 spiro atoms. The van der Waals surface area contributed by atoms with Crippen molar-refractivity contribution < 1.29 is 28.3 Å². The summed E-state index contributed by atoms with van der Waals surface area (Å²) in [5.74, 6) is 0.716. The fourth-order valence-electron chi connectivity index (χ4n) is 6.90. The molecule has 4 unspecified atom stereocenters. The van der Waals surface area contributed by atoms with E-state index in [1.807, 2.05) is 12.1 Å². The van der Waals surface area contributed by atoms with E-state index in [1.54, 1.807) is 18.2 Å². The fraction of sp³-hybridized carbons (Fsp3) is 0.517. The molecule has 2 bridgehead atoms. The van der Waals surface area contributed by atoms with Crippen LogP contribution in [-0.4, -0.2) is 40.7 Å². The summed E-state index contributed by atoms with van der Waals surface area (Å²) in [6.45, 7) is 7.54. The second-order valence-electron chi connectivity index (χ2n) is 11.7. The number of ether oxygens (including phenoxy) is 1. The zero-order valence-electron chi connectivity index (χ0n) is 21.9. The van der Waals surface area contributed by atoms with Gasteiger partial charge in [0.15, 0.2) is 0 Å². The molecule has 8 nitrogen and oxygen atoms in total. The number of nitrogens with zero attached hydrogens (tertiary/aromatic N) is 1. The Kier molecular flexibility index (Phi) is 6.07. The second kappa shape index (κ2) is 9.09. The van der Waals surface area contributed by atoms with Crippen LogP contribution in [0.4, 0.5) is 0 Å². The van der Waals surface area contributed by atoms with Gasteiger partial charge in [-0.15, -0.1) is 11.8 Å². The maximum Gasteiger partial charge on any atom is 0.263 e. The number of imide groups is 2. The number of benzene rings is 1. The van der Waals surface area contributed by atoms with E-state index < -0.39 is 29.7 Å². The number of carbonyl (C=O) groups is 4. The molecule has 0 radical (unpaired) electrons. The Balaban J connectivity index is 1.11. The van der Waals surface area contributed by atoms with E-state index in [0.717, 1.165) is 22.8 Å². The van der Waals surface area contributed by atoms with E-state index in [9.17, 15) is 19.2 Å². The number of rotatable bonds is 7. The summed E-state index contributed by atoms with van der Waals surface area (Å²) in [6, 6.07) is 8.01. The summed E-state index contributed by atoms with van der Waals surface area (Å²) in [4.78, 5) is 51.9. The molecule has 1 saturated heterocycles. The lowest BCUT2D eigenvalue weighted by atomic mass is 9.70. The summed E-state index contributed by atoms with van der Waals surface area (Å²) in [5, 5.41) is 2.23. The Morgan fingerprint density at radius 3 is 2.55 bits per heavy atom. The molecular formula is C29H32N2O6S. The molecule has 1 aromatic heterocycles. The van der Waals surface area contributed by atoms with Crippen molar-refractivity contribution in [1.29, 1.82) is 0 Å². The highest BCUT2D eigenvalue weighted by molar-refractivity contribution is 7.98. The molecule has 2 saturated carbocycles. The fourth-order valence-corrected chi connectivity index (χ4v) is 7.86. The molecule has 4 atom stereocenters. The van der Waals surface area contributed by atoms with Crippen molar-refractivity contribution in [3.05, 3.63) is 53.0 Å². The Morgan fingerprint density at radius 2 is 1.84 bits per heavy atom. The van der Waals surface area contributed by atoms with Crippen molar-refractivity contribution in [3.8, 4) is 0 Å². The molecule has 200 valence electrons. The molecule has 2 aliphatic heterocycles. The van der Waals surface area contributed by atoms with Crippen molar-refractivity contribution in [3.63, 3.8) is 0 Å². The predicted molar refractivity (Wildman–Crippen MR) is 139 cm³/mol. The van der Waals surface area contributed by atoms with Crippen LogP contribution in [0.5, 0.6) is 0 Å². The minimum Gasteiger partial charge on any atom is -0.463 e. The molecular weight excluding hydrogens is 504 g/mol. The third-order valence-electron chi connectivity index (χ3n) is 9.66. The van der Waals surface area contributed by atoms with Crippen molar-refractivity contribution in [1.82, 2.24) is 10.2 Å². The monoisotopic (exact) mass is 536 g/mol. The number of fused-ring (bicyclic) bond motifs is 3. The smallest absolute Gasteiger partial charge is 0.263 e. The molecule has 4 amide bonds. The largest absolute Gasteiger partial charge is 0.463 e. The Morgan fingerprint density at radius 1 is 1.05 bits per heavy atom. The Labute approximate surface area is 225 Å². The zero-order valence-corrected chi connectivity index (χ0v) is 22.7. The molecule has 2 aliphatic carbocycles. The van der Waals surface area contributed by atoms with Crippen LogP contribution >= 0.6 is 11.8 Å². The molecule has 3 fully saturated rings. The molecule has 9 heteroatoms. The normalized spacial score (nSPS) is 29.8. The summed E-state index contributed by atoms with van der Waals surface area (Å²) in [7, 11) is 0. The number of amides is 4. The Bertz CT molecular complexity index is 1350. The minimum absolute atomic E-state index is 0.0916. The summed E-state index contributed by atoms with van der Waals surface area (Å²) >= 11 is 1.41. The average Bonchev–Trinajstić information content (AvgIpc) is 3.55. The topological polar surface area (TPSA) is 106 Å². The van der Waals surface area contributed by atoms with Gasteiger partial charge in [-0.25, -0.2) is 0 Å². The highest BCUT2D eigenvalue weighted by atomic mass is 32.2. The van der Waals surface area contributed by atoms with Crippen LogP contribution in [0.1, 0.15) is 85.1 Å². The first kappa shape index (κ1) is 25.4. The van der Waals surface area contributed by atoms with Crippen LogP contribution in [0.15, 0.2) is 39.6 Å². The first-order chi connectivity index (χ1) is 18.1. The molecule has 1 aromatic carbocycles. The number of furan rings is 1. The quantitative estimate of drug-likeness (QED) is 0.404. The van der Waals surface area contributed by atoms with Gasteiger partial charge in [-0.05, 0) is 66.7 Å². The van der Waals surface area contributed by atoms with Crippen LogP contribution in [-0.2, 0) is 26.7 Å². The maximum absolute atomic E-state index is 13.3. The van der Waals surface area contributed by atoms with E-state index in [1.165, 1.54) is 24.6 Å². The lowest BCUT2D eigenvalue weighted by Gasteiger charge is -2.38. The van der Waals surface area contributed by atoms with Crippen LogP contribution < -0.4 is 5.32 Å². The van der Waals surface area contributed by atoms with Gasteiger partial charge in [0, 0.05) is 11.3 Å². The lowest BCUT2D eigenvalue weighted by molar-refractivity contribution is -0.136. The number of thioether (sulfide) groups is 1. The highest BCUT2D eigenvalue weighted by Crippen LogP contribution is 2.66. The predicted octanol–water partition coefficient (Wildman–Crippen LogP) is 4.70. The number of hydrogen-bond acceptors (Lipinski definition) is 7. The van der Waals surface area contributed by atoms with Gasteiger partial charge < -0.3 is 9.15 Å². The lowest BCUT2D eigenvalue weighted by Crippen LogP contribution is -2.54. The van der Waals surface area contributed by atoms with Crippen molar-refractivity contribution in [2.45, 2.75) is 82.3 Å². The molecule has 1 N–H and O–H groups in total. The van der Waals surface area contributed by atoms with E-state index in [2.05, 4.69) is 26.1 Å². The average molecular weight is 537 g/mol. The number of piperidine rings is 1. The maximum atomic E-state index is 13.3. The van der Waals surface area contributed by atoms with Gasteiger partial charge in [0.25, 0.3) is 11.8 Å². The van der Waals surface area contributed by atoms with Crippen LogP contribution in [0.25, 0.3) is 0 Å². The van der Waals surface area contributed by atoms with Gasteiger partial charge in [-0.3, -0.25) is 29.4 Å². The summed E-state index contributed by atoms with van der Waals surface area (Å²) in [6.07, 6.45) is 4.06. The zero-order chi connectivity index (χ0) is 26.8. The number of carbonyl (C=O) groups excluding carboxylic acids is 4. The van der Waals surface area contributed by atoms with Crippen LogP contribution in [0, 0.1) is 16.7 Å². The van der Waals surface area contributed by atoms with Crippen molar-refractivity contribution in [2.75, 3.05) is 0 Å². The van der Waals surface area contributed by atoms with Gasteiger partial charge in [-0.1, -0.05) is 26.8 Å². The highest BCUT2D eigenvalue weighted by Gasteiger charge is 2.61. The van der Waals surface area contributed by atoms with Crippen molar-refractivity contribution in [2.24, 2.45) is 16.7 Å². The van der Waals surface area contributed by atoms with Crippen molar-refractivity contribution >= 4 is 35.4 Å². The molecule has 3 heterocycles. The first-order valence-corrected chi connectivity index (χ1v) is 14.3. The van der Waals surface area contributed by atoms with E-state index in [0.29, 0.717) is 34.2 Å². The van der Waals surface area contributed by atoms with E-state index >= 15 is 0 Å². The molecule has 6 rings (SSSR count). The van der Waals surface area contributed by atoms with Gasteiger partial charge in [0.05, 0.1) is 23.0 Å². The minimum atomic E-state index is -0.978. The van der Waals surface area contributed by atoms with Gasteiger partial charge in [0.2, 0.25) is 11.8 Å². The summed E-state index contributed by atoms with van der Waals surface area (Å²) < 4.78 is 12.4. The second-order valence-corrected chi connectivity index (χ2v) is 12.7. The van der Waals surface area contributed by atoms with E-state index in [-0.39, 0.29) is 29.9 Å². The molecule has 4 aliphatic rings. The van der Waals surface area contributed by atoms with Crippen LogP contribution in [0.2, 0.25) is 0 Å². The number of nitrogens with one attached hydrogen (secondary N) is 1. The van der Waals surface area contributed by atoms with Gasteiger partial charge in [0.1, 0.15) is 24.2 Å². The molecule has 38 heavy (non-hydrogen) atoms. The van der Waals surface area contributed by atoms with E-state index in [4.69, 9.17) is 9.15 Å². The summed E-state index contributed by atoms with van der Waals surface area (Å²) in [5.41, 5.74) is 1.07. The third kappa shape index (κ3) is 3.85. The first-order valence-electron chi connectivity index (χ1n) is 13.3. The SMILES string of the molecule is CC1(C)C2CCC1(C)C(OCc1ccc(CSc3cccc4c3C(=O)N(C3CCC(=O)NC3=O)C4=O)o1)C2. The standard InChI is InChI=1S/C29H32N2O6S/c1-28(2)16-11-12-29(28,3)22(13-16)36-14-17-7-8-18(37-17)15-38-21-6-4-5-19-24(21)27(35)31(26(19)34)20-9-10-23(32)30-25(20)33/h4-8,16,20,22H,9-15H2,1-3H3,(H,30,32,33). The number of hydrogen-bond donors (Lipinski definition) is 1.